The van der Waals surface area contributed by atoms with Gasteiger partial charge in [0.2, 0.25) is 10.0 Å². The van der Waals surface area contributed by atoms with Crippen molar-refractivity contribution in [1.29, 1.82) is 0 Å². The third-order valence-corrected chi connectivity index (χ3v) is 6.70. The van der Waals surface area contributed by atoms with Crippen LogP contribution in [0.1, 0.15) is 16.2 Å². The second kappa shape index (κ2) is 4.53. The van der Waals surface area contributed by atoms with Crippen molar-refractivity contribution < 1.29 is 13.2 Å². The van der Waals surface area contributed by atoms with E-state index in [1.54, 1.807) is 6.07 Å². The summed E-state index contributed by atoms with van der Waals surface area (Å²) in [6.45, 7) is 4.40. The van der Waals surface area contributed by atoms with E-state index in [0.29, 0.717) is 17.4 Å². The fraction of sp³-hybridized carbons (Fsp3) is 0.667. The largest absolute Gasteiger partial charge is 0.376 e. The van der Waals surface area contributed by atoms with E-state index in [0.717, 1.165) is 16.2 Å². The first-order valence-corrected chi connectivity index (χ1v) is 8.66. The Morgan fingerprint density at radius 1 is 1.47 bits per heavy atom. The maximum Gasteiger partial charge on any atom is 0.242 e. The number of nitrogens with one attached hydrogen (secondary N) is 1. The number of hydrogen-bond acceptors (Lipinski definition) is 5. The van der Waals surface area contributed by atoms with Crippen LogP contribution >= 0.6 is 11.3 Å². The predicted octanol–water partition coefficient (Wildman–Crippen LogP) is 0.758. The average Bonchev–Trinajstić information content (AvgIpc) is 2.90. The van der Waals surface area contributed by atoms with Gasteiger partial charge >= 0.3 is 0 Å². The van der Waals surface area contributed by atoms with E-state index in [1.165, 1.54) is 11.3 Å². The van der Waals surface area contributed by atoms with Gasteiger partial charge in [0.25, 0.3) is 0 Å². The zero-order valence-corrected chi connectivity index (χ0v) is 12.6. The summed E-state index contributed by atoms with van der Waals surface area (Å²) in [5.41, 5.74) is 6.03. The Labute approximate surface area is 117 Å². The first-order valence-electron chi connectivity index (χ1n) is 6.37. The van der Waals surface area contributed by atoms with Crippen LogP contribution in [0.15, 0.2) is 11.0 Å². The Morgan fingerprint density at radius 2 is 2.21 bits per heavy atom. The first-order chi connectivity index (χ1) is 8.90. The third-order valence-electron chi connectivity index (χ3n) is 4.02. The molecule has 1 aliphatic carbocycles. The SMILES string of the molecule is Cc1cc(S(=O)(=O)N[C@@H]2[C@@H](N)[C@H]3CCO[C@H]32)c(C)s1. The molecule has 2 heterocycles. The van der Waals surface area contributed by atoms with Crippen LogP contribution in [-0.2, 0) is 14.8 Å². The zero-order chi connectivity index (χ0) is 13.8. The number of thiophene rings is 1. The summed E-state index contributed by atoms with van der Waals surface area (Å²) in [5.74, 6) is 0.304. The van der Waals surface area contributed by atoms with Crippen molar-refractivity contribution in [2.45, 2.75) is 43.4 Å². The lowest BCUT2D eigenvalue weighted by molar-refractivity contribution is -0.00924. The normalized spacial score (nSPS) is 34.1. The van der Waals surface area contributed by atoms with Gasteiger partial charge < -0.3 is 10.5 Å². The predicted molar refractivity (Wildman–Crippen MR) is 73.7 cm³/mol. The van der Waals surface area contributed by atoms with Crippen LogP contribution in [0.3, 0.4) is 0 Å². The smallest absolute Gasteiger partial charge is 0.242 e. The minimum Gasteiger partial charge on any atom is -0.376 e. The van der Waals surface area contributed by atoms with Crippen molar-refractivity contribution in [2.24, 2.45) is 11.7 Å². The van der Waals surface area contributed by atoms with Gasteiger partial charge in [-0.2, -0.15) is 0 Å². The van der Waals surface area contributed by atoms with Crippen LogP contribution in [0.25, 0.3) is 0 Å². The Morgan fingerprint density at radius 3 is 2.84 bits per heavy atom. The Kier molecular flexibility index (Phi) is 3.22. The molecule has 3 N–H and O–H groups in total. The second-order valence-electron chi connectivity index (χ2n) is 5.29. The van der Waals surface area contributed by atoms with E-state index in [1.807, 2.05) is 13.8 Å². The van der Waals surface area contributed by atoms with Crippen LogP contribution < -0.4 is 10.5 Å². The van der Waals surface area contributed by atoms with Gasteiger partial charge in [0.05, 0.1) is 17.0 Å². The van der Waals surface area contributed by atoms with Gasteiger partial charge in [-0.25, -0.2) is 13.1 Å². The number of rotatable bonds is 3. The van der Waals surface area contributed by atoms with Gasteiger partial charge in [-0.1, -0.05) is 0 Å². The molecule has 2 fully saturated rings. The van der Waals surface area contributed by atoms with Crippen molar-refractivity contribution in [1.82, 2.24) is 4.72 Å². The first kappa shape index (κ1) is 13.5. The van der Waals surface area contributed by atoms with Crippen LogP contribution in [0.2, 0.25) is 0 Å². The summed E-state index contributed by atoms with van der Waals surface area (Å²) < 4.78 is 33.0. The molecular weight excluding hydrogens is 284 g/mol. The van der Waals surface area contributed by atoms with Crippen LogP contribution in [-0.4, -0.2) is 33.2 Å². The fourth-order valence-electron chi connectivity index (χ4n) is 3.01. The molecule has 0 unspecified atom stereocenters. The van der Waals surface area contributed by atoms with Crippen molar-refractivity contribution >= 4 is 21.4 Å². The molecule has 1 aliphatic heterocycles. The number of aryl methyl sites for hydroxylation is 2. The van der Waals surface area contributed by atoms with E-state index in [-0.39, 0.29) is 18.2 Å². The number of nitrogens with two attached hydrogens (primary N) is 1. The molecule has 1 aromatic heterocycles. The van der Waals surface area contributed by atoms with Gasteiger partial charge in [-0.3, -0.25) is 0 Å². The summed E-state index contributed by atoms with van der Waals surface area (Å²) in [6.07, 6.45) is 0.880. The van der Waals surface area contributed by atoms with E-state index >= 15 is 0 Å². The highest BCUT2D eigenvalue weighted by Gasteiger charge is 2.53. The average molecular weight is 302 g/mol. The van der Waals surface area contributed by atoms with Gasteiger partial charge in [-0.15, -0.1) is 11.3 Å². The zero-order valence-electron chi connectivity index (χ0n) is 10.9. The highest BCUT2D eigenvalue weighted by Crippen LogP contribution is 2.38. The van der Waals surface area contributed by atoms with Crippen LogP contribution in [0.5, 0.6) is 0 Å². The molecule has 0 amide bonds. The molecule has 1 saturated heterocycles. The van der Waals surface area contributed by atoms with Gasteiger partial charge in [0.1, 0.15) is 0 Å². The number of ether oxygens (including phenoxy) is 1. The molecule has 106 valence electrons. The third kappa shape index (κ3) is 2.13. The maximum atomic E-state index is 12.4. The summed E-state index contributed by atoms with van der Waals surface area (Å²) in [6, 6.07) is 1.28. The highest BCUT2D eigenvalue weighted by molar-refractivity contribution is 7.89. The minimum atomic E-state index is -3.50. The molecule has 1 saturated carbocycles. The number of sulfonamides is 1. The van der Waals surface area contributed by atoms with E-state index in [2.05, 4.69) is 4.72 Å². The monoisotopic (exact) mass is 302 g/mol. The molecule has 3 rings (SSSR count). The molecule has 0 bridgehead atoms. The summed E-state index contributed by atoms with van der Waals surface area (Å²) in [5, 5.41) is 0. The second-order valence-corrected chi connectivity index (χ2v) is 8.43. The van der Waals surface area contributed by atoms with Gasteiger partial charge in [0, 0.05) is 28.3 Å². The van der Waals surface area contributed by atoms with E-state index in [9.17, 15) is 8.42 Å². The van der Waals surface area contributed by atoms with Gasteiger partial charge in [0.15, 0.2) is 0 Å². The van der Waals surface area contributed by atoms with Crippen molar-refractivity contribution in [2.75, 3.05) is 6.61 Å². The Balaban J connectivity index is 1.81. The molecule has 2 aliphatic rings. The molecule has 0 spiro atoms. The molecular formula is C12H18N2O3S2. The van der Waals surface area contributed by atoms with E-state index < -0.39 is 10.0 Å². The van der Waals surface area contributed by atoms with Crippen molar-refractivity contribution in [3.63, 3.8) is 0 Å². The number of hydrogen-bond donors (Lipinski definition) is 2. The molecule has 5 nitrogen and oxygen atoms in total. The van der Waals surface area contributed by atoms with E-state index in [4.69, 9.17) is 10.5 Å². The van der Waals surface area contributed by atoms with Crippen molar-refractivity contribution in [3.8, 4) is 0 Å². The van der Waals surface area contributed by atoms with Crippen LogP contribution in [0.4, 0.5) is 0 Å². The topological polar surface area (TPSA) is 81.4 Å². The van der Waals surface area contributed by atoms with Gasteiger partial charge in [-0.05, 0) is 26.3 Å². The molecule has 4 atom stereocenters. The minimum absolute atomic E-state index is 0.0511. The summed E-state index contributed by atoms with van der Waals surface area (Å²) >= 11 is 1.49. The molecule has 0 aromatic carbocycles. The summed E-state index contributed by atoms with van der Waals surface area (Å²) in [7, 11) is -3.50. The van der Waals surface area contributed by atoms with Crippen molar-refractivity contribution in [3.05, 3.63) is 15.8 Å². The van der Waals surface area contributed by atoms with Crippen LogP contribution in [0, 0.1) is 19.8 Å². The maximum absolute atomic E-state index is 12.4. The Hall–Kier alpha value is -0.470. The summed E-state index contributed by atoms with van der Waals surface area (Å²) in [4.78, 5) is 2.16. The molecule has 0 radical (unpaired) electrons. The lowest BCUT2D eigenvalue weighted by Gasteiger charge is -2.45. The molecule has 1 aromatic rings. The molecule has 7 heteroatoms. The highest BCUT2D eigenvalue weighted by atomic mass is 32.2. The molecule has 19 heavy (non-hydrogen) atoms. The lowest BCUT2D eigenvalue weighted by Crippen LogP contribution is -2.68. The fourth-order valence-corrected chi connectivity index (χ4v) is 5.85. The standard InChI is InChI=1S/C12H18N2O3S2/c1-6-5-9(7(2)18-6)19(15,16)14-11-10(13)8-3-4-17-12(8)11/h5,8,10-12,14H,3-4,13H2,1-2H3/t8-,10+,11-,12-/m1/s1. The quantitative estimate of drug-likeness (QED) is 0.863. The Bertz CT molecular complexity index is 596. The lowest BCUT2D eigenvalue weighted by atomic mass is 9.73. The number of fused-ring (bicyclic) bond motifs is 1.